The molecule has 3 rings (SSSR count). The van der Waals surface area contributed by atoms with Crippen LogP contribution in [0.15, 0.2) is 24.3 Å². The molecule has 0 saturated carbocycles. The maximum atomic E-state index is 13.4. The molecule has 13 heteroatoms. The second kappa shape index (κ2) is 11.4. The number of para-hydroxylation sites is 1. The summed E-state index contributed by atoms with van der Waals surface area (Å²) in [5.74, 6) is -3.41. The second-order valence-corrected chi connectivity index (χ2v) is 8.33. The second-order valence-electron chi connectivity index (χ2n) is 8.33. The van der Waals surface area contributed by atoms with Crippen molar-refractivity contribution in [1.82, 2.24) is 25.8 Å². The highest BCUT2D eigenvalue weighted by atomic mass is 16.5. The Hall–Kier alpha value is -4.29. The molecule has 0 bridgehead atoms. The van der Waals surface area contributed by atoms with Crippen LogP contribution in [0.4, 0.5) is 4.79 Å². The van der Waals surface area contributed by atoms with Crippen molar-refractivity contribution in [2.75, 3.05) is 20.2 Å². The van der Waals surface area contributed by atoms with Gasteiger partial charge in [0, 0.05) is 19.4 Å². The number of ether oxygens (including phenoxy) is 1. The van der Waals surface area contributed by atoms with Gasteiger partial charge >= 0.3 is 11.9 Å². The van der Waals surface area contributed by atoms with Gasteiger partial charge in [0.1, 0.15) is 23.9 Å². The lowest BCUT2D eigenvalue weighted by atomic mass is 10.1. The zero-order valence-corrected chi connectivity index (χ0v) is 19.9. The van der Waals surface area contributed by atoms with Crippen molar-refractivity contribution in [2.45, 2.75) is 44.7 Å². The van der Waals surface area contributed by atoms with E-state index >= 15 is 0 Å². The van der Waals surface area contributed by atoms with Crippen molar-refractivity contribution < 1.29 is 38.3 Å². The van der Waals surface area contributed by atoms with Gasteiger partial charge in [-0.1, -0.05) is 12.1 Å². The molecule has 2 fully saturated rings. The number of benzene rings is 1. The van der Waals surface area contributed by atoms with E-state index in [1.54, 1.807) is 12.1 Å². The van der Waals surface area contributed by atoms with Crippen molar-refractivity contribution in [3.63, 3.8) is 0 Å². The first kappa shape index (κ1) is 26.3. The van der Waals surface area contributed by atoms with Crippen LogP contribution in [0.2, 0.25) is 0 Å². The van der Waals surface area contributed by atoms with Crippen LogP contribution in [0.1, 0.15) is 43.0 Å². The van der Waals surface area contributed by atoms with Gasteiger partial charge in [-0.25, -0.2) is 19.8 Å². The molecule has 2 aliphatic heterocycles. The molecule has 36 heavy (non-hydrogen) atoms. The number of hydrazine groups is 2. The molecule has 2 atom stereocenters. The van der Waals surface area contributed by atoms with E-state index in [1.165, 1.54) is 26.2 Å². The monoisotopic (exact) mass is 501 g/mol. The summed E-state index contributed by atoms with van der Waals surface area (Å²) in [7, 11) is 1.34. The summed E-state index contributed by atoms with van der Waals surface area (Å²) in [5.41, 5.74) is 2.22. The maximum Gasteiger partial charge on any atom is 0.358 e. The molecule has 2 saturated heterocycles. The number of nitrogens with zero attached hydrogens (tertiary/aromatic N) is 3. The molecule has 0 radical (unpaired) electrons. The van der Waals surface area contributed by atoms with Crippen LogP contribution < -0.4 is 15.5 Å². The summed E-state index contributed by atoms with van der Waals surface area (Å²) < 4.78 is 5.11. The van der Waals surface area contributed by atoms with Crippen LogP contribution in [-0.4, -0.2) is 88.9 Å². The first-order chi connectivity index (χ1) is 17.2. The number of hydrogen-bond acceptors (Lipinski definition) is 8. The average Bonchev–Trinajstić information content (AvgIpc) is 2.99. The van der Waals surface area contributed by atoms with Gasteiger partial charge in [-0.05, 0) is 31.9 Å². The van der Waals surface area contributed by atoms with Gasteiger partial charge in [0.15, 0.2) is 0 Å². The van der Waals surface area contributed by atoms with E-state index in [1.807, 2.05) is 0 Å². The Kier molecular flexibility index (Phi) is 8.35. The highest BCUT2D eigenvalue weighted by molar-refractivity contribution is 6.43. The third-order valence-corrected chi connectivity index (χ3v) is 5.76. The number of nitrogens with one attached hydrogen (secondary N) is 2. The zero-order chi connectivity index (χ0) is 26.4. The number of ketones is 2. The van der Waals surface area contributed by atoms with Crippen LogP contribution in [-0.2, 0) is 24.0 Å². The van der Waals surface area contributed by atoms with E-state index in [4.69, 9.17) is 4.74 Å². The lowest BCUT2D eigenvalue weighted by Gasteiger charge is -2.42. The fourth-order valence-corrected chi connectivity index (χ4v) is 4.07. The molecular formula is C23H27N5O8. The molecule has 2 aliphatic rings. The normalized spacial score (nSPS) is 18.5. The highest BCUT2D eigenvalue weighted by Gasteiger charge is 2.44. The molecule has 2 heterocycles. The standard InChI is InChI=1S/C23H27N5O8/c1-14(30)12-15(13-29)24-21(33)17-7-5-10-27-19(31)9-11-26(23(35)28(17)27)25-22(34)20(32)16-6-3-4-8-18(16)36-2/h3-4,6,8,13,15,17H,5,7,9-12H2,1-2H3,(H,24,33)(H,25,34)/t15-,17-/m0/s1. The number of urea groups is 1. The third kappa shape index (κ3) is 5.67. The predicted molar refractivity (Wildman–Crippen MR) is 122 cm³/mol. The number of methoxy groups -OCH3 is 1. The summed E-state index contributed by atoms with van der Waals surface area (Å²) in [5, 5.41) is 5.30. The van der Waals surface area contributed by atoms with Gasteiger partial charge in [-0.15, -0.1) is 0 Å². The fourth-order valence-electron chi connectivity index (χ4n) is 4.07. The number of carbonyl (C=O) groups excluding carboxylic acids is 7. The van der Waals surface area contributed by atoms with E-state index in [0.717, 1.165) is 15.0 Å². The number of carbonyl (C=O) groups is 7. The summed E-state index contributed by atoms with van der Waals surface area (Å²) in [4.78, 5) is 87.2. The van der Waals surface area contributed by atoms with Gasteiger partial charge in [0.25, 0.3) is 5.78 Å². The zero-order valence-electron chi connectivity index (χ0n) is 19.9. The number of rotatable bonds is 9. The molecule has 5 amide bonds. The Morgan fingerprint density at radius 3 is 2.56 bits per heavy atom. The molecule has 0 unspecified atom stereocenters. The highest BCUT2D eigenvalue weighted by Crippen LogP contribution is 2.24. The molecule has 0 aromatic heterocycles. The minimum atomic E-state index is -1.17. The summed E-state index contributed by atoms with van der Waals surface area (Å²) >= 11 is 0. The smallest absolute Gasteiger partial charge is 0.358 e. The Morgan fingerprint density at radius 2 is 1.89 bits per heavy atom. The van der Waals surface area contributed by atoms with Gasteiger partial charge in [0.2, 0.25) is 11.8 Å². The Balaban J connectivity index is 1.81. The van der Waals surface area contributed by atoms with Crippen molar-refractivity contribution in [2.24, 2.45) is 0 Å². The summed E-state index contributed by atoms with van der Waals surface area (Å²) in [6.07, 6.45) is 0.623. The van der Waals surface area contributed by atoms with Crippen LogP contribution in [0.25, 0.3) is 0 Å². The van der Waals surface area contributed by atoms with Gasteiger partial charge in [-0.3, -0.25) is 29.4 Å². The Labute approximate surface area is 206 Å². The first-order valence-electron chi connectivity index (χ1n) is 11.3. The number of fused-ring (bicyclic) bond motifs is 1. The van der Waals surface area contributed by atoms with E-state index in [-0.39, 0.29) is 49.4 Å². The summed E-state index contributed by atoms with van der Waals surface area (Å²) in [6, 6.07) is 2.92. The van der Waals surface area contributed by atoms with Crippen molar-refractivity contribution >= 4 is 41.6 Å². The number of amides is 5. The fraction of sp³-hybridized carbons (Fsp3) is 0.435. The van der Waals surface area contributed by atoms with E-state index < -0.39 is 41.6 Å². The lowest BCUT2D eigenvalue weighted by molar-refractivity contribution is -0.155. The minimum absolute atomic E-state index is 0.0157. The van der Waals surface area contributed by atoms with Crippen LogP contribution in [0.3, 0.4) is 0 Å². The lowest BCUT2D eigenvalue weighted by Crippen LogP contribution is -2.65. The van der Waals surface area contributed by atoms with E-state index in [2.05, 4.69) is 10.7 Å². The molecule has 1 aromatic rings. The number of hydrogen-bond donors (Lipinski definition) is 2. The van der Waals surface area contributed by atoms with Crippen molar-refractivity contribution in [3.8, 4) is 5.75 Å². The number of aldehydes is 1. The molecule has 13 nitrogen and oxygen atoms in total. The van der Waals surface area contributed by atoms with E-state index in [0.29, 0.717) is 12.7 Å². The van der Waals surface area contributed by atoms with Gasteiger partial charge in [-0.2, -0.15) is 0 Å². The molecular weight excluding hydrogens is 474 g/mol. The molecule has 0 spiro atoms. The topological polar surface area (TPSA) is 162 Å². The maximum absolute atomic E-state index is 13.4. The number of Topliss-reactive ketones (excluding diaryl/α,β-unsaturated/α-hetero) is 2. The quantitative estimate of drug-likeness (QED) is 0.262. The SMILES string of the molecule is COc1ccccc1C(=O)C(=O)NN1CCC(=O)N2CCC[C@@H](C(=O)N[C@H](C=O)CC(C)=O)N2C1=O. The predicted octanol–water partition coefficient (Wildman–Crippen LogP) is -0.394. The van der Waals surface area contributed by atoms with E-state index in [9.17, 15) is 33.6 Å². The molecule has 2 N–H and O–H groups in total. The minimum Gasteiger partial charge on any atom is -0.496 e. The molecule has 0 aliphatic carbocycles. The Bertz CT molecular complexity index is 1090. The van der Waals surface area contributed by atoms with Crippen LogP contribution in [0.5, 0.6) is 5.75 Å². The van der Waals surface area contributed by atoms with Crippen LogP contribution in [0, 0.1) is 0 Å². The average molecular weight is 501 g/mol. The third-order valence-electron chi connectivity index (χ3n) is 5.76. The van der Waals surface area contributed by atoms with Gasteiger partial charge < -0.3 is 14.8 Å². The first-order valence-corrected chi connectivity index (χ1v) is 11.3. The van der Waals surface area contributed by atoms with Crippen molar-refractivity contribution in [3.05, 3.63) is 29.8 Å². The van der Waals surface area contributed by atoms with Crippen molar-refractivity contribution in [1.29, 1.82) is 0 Å². The Morgan fingerprint density at radius 1 is 1.17 bits per heavy atom. The summed E-state index contributed by atoms with van der Waals surface area (Å²) in [6.45, 7) is 1.21. The van der Waals surface area contributed by atoms with Crippen LogP contribution >= 0.6 is 0 Å². The molecule has 1 aromatic carbocycles. The largest absolute Gasteiger partial charge is 0.496 e. The molecule has 192 valence electrons. The van der Waals surface area contributed by atoms with Gasteiger partial charge in [0.05, 0.1) is 25.3 Å².